The van der Waals surface area contributed by atoms with Crippen LogP contribution >= 0.6 is 0 Å². The highest BCUT2D eigenvalue weighted by Crippen LogP contribution is 2.20. The summed E-state index contributed by atoms with van der Waals surface area (Å²) >= 11 is 0. The molecular formula is C14H14N2O4S. The molecule has 21 heavy (non-hydrogen) atoms. The van der Waals surface area contributed by atoms with Crippen LogP contribution < -0.4 is 4.72 Å². The average Bonchev–Trinajstić information content (AvgIpc) is 2.43. The molecule has 0 unspecified atom stereocenters. The molecule has 0 fully saturated rings. The number of anilines is 1. The van der Waals surface area contributed by atoms with E-state index in [0.29, 0.717) is 5.69 Å². The third kappa shape index (κ3) is 3.38. The summed E-state index contributed by atoms with van der Waals surface area (Å²) in [6.07, 6.45) is 1.01. The van der Waals surface area contributed by atoms with E-state index in [2.05, 4.69) is 9.71 Å². The van der Waals surface area contributed by atoms with Crippen molar-refractivity contribution in [3.63, 3.8) is 0 Å². The van der Waals surface area contributed by atoms with Crippen molar-refractivity contribution in [3.8, 4) is 0 Å². The zero-order valence-corrected chi connectivity index (χ0v) is 12.3. The highest BCUT2D eigenvalue weighted by atomic mass is 32.2. The Bertz CT molecular complexity index is 783. The number of carboxylic acids is 1. The number of aryl methyl sites for hydroxylation is 2. The zero-order chi connectivity index (χ0) is 15.6. The van der Waals surface area contributed by atoms with E-state index in [9.17, 15) is 13.2 Å². The van der Waals surface area contributed by atoms with Gasteiger partial charge >= 0.3 is 5.97 Å². The lowest BCUT2D eigenvalue weighted by Crippen LogP contribution is -2.15. The number of carbonyl (C=O) groups is 1. The van der Waals surface area contributed by atoms with E-state index in [4.69, 9.17) is 5.11 Å². The summed E-state index contributed by atoms with van der Waals surface area (Å²) < 4.78 is 26.9. The minimum Gasteiger partial charge on any atom is -0.478 e. The Morgan fingerprint density at radius 1 is 1.19 bits per heavy atom. The van der Waals surface area contributed by atoms with Gasteiger partial charge in [-0.15, -0.1) is 0 Å². The summed E-state index contributed by atoms with van der Waals surface area (Å²) in [5, 5.41) is 8.55. The van der Waals surface area contributed by atoms with E-state index in [-0.39, 0.29) is 10.6 Å². The summed E-state index contributed by atoms with van der Waals surface area (Å²) in [6, 6.07) is 7.78. The van der Waals surface area contributed by atoms with Crippen molar-refractivity contribution < 1.29 is 18.3 Å². The highest BCUT2D eigenvalue weighted by molar-refractivity contribution is 7.92. The van der Waals surface area contributed by atoms with E-state index in [1.165, 1.54) is 6.07 Å². The maximum absolute atomic E-state index is 12.2. The van der Waals surface area contributed by atoms with Crippen molar-refractivity contribution in [1.29, 1.82) is 0 Å². The molecule has 2 aromatic rings. The van der Waals surface area contributed by atoms with Crippen LogP contribution in [0.1, 0.15) is 21.5 Å². The van der Waals surface area contributed by atoms with Crippen LogP contribution in [-0.2, 0) is 10.0 Å². The molecule has 0 aliphatic carbocycles. The fourth-order valence-electron chi connectivity index (χ4n) is 1.71. The van der Waals surface area contributed by atoms with Crippen molar-refractivity contribution in [3.05, 3.63) is 53.2 Å². The normalized spacial score (nSPS) is 11.1. The molecule has 0 aliphatic rings. The molecule has 0 saturated carbocycles. The van der Waals surface area contributed by atoms with Crippen LogP contribution in [-0.4, -0.2) is 24.5 Å². The number of rotatable bonds is 4. The second kappa shape index (κ2) is 5.53. The molecule has 0 atom stereocenters. The molecule has 2 rings (SSSR count). The van der Waals surface area contributed by atoms with Gasteiger partial charge in [-0.2, -0.15) is 8.42 Å². The van der Waals surface area contributed by atoms with E-state index in [1.807, 2.05) is 19.1 Å². The van der Waals surface area contributed by atoms with Crippen LogP contribution in [0, 0.1) is 13.8 Å². The lowest BCUT2D eigenvalue weighted by molar-refractivity contribution is 0.0696. The molecule has 0 saturated heterocycles. The third-order valence-electron chi connectivity index (χ3n) is 2.90. The molecule has 0 spiro atoms. The Hall–Kier alpha value is -2.41. The molecule has 0 aliphatic heterocycles. The minimum atomic E-state index is -3.85. The first-order valence-electron chi connectivity index (χ1n) is 6.09. The van der Waals surface area contributed by atoms with Gasteiger partial charge in [0.1, 0.15) is 0 Å². The molecule has 0 bridgehead atoms. The molecule has 1 aromatic heterocycles. The number of nitrogens with one attached hydrogen (secondary N) is 1. The van der Waals surface area contributed by atoms with Crippen LogP contribution in [0.4, 0.5) is 5.69 Å². The van der Waals surface area contributed by atoms with Gasteiger partial charge < -0.3 is 5.11 Å². The monoisotopic (exact) mass is 306 g/mol. The van der Waals surface area contributed by atoms with Crippen molar-refractivity contribution in [2.24, 2.45) is 0 Å². The van der Waals surface area contributed by atoms with Gasteiger partial charge in [-0.05, 0) is 43.2 Å². The number of hydrogen-bond donors (Lipinski definition) is 2. The van der Waals surface area contributed by atoms with Crippen molar-refractivity contribution in [2.75, 3.05) is 4.72 Å². The number of sulfonamides is 1. The molecule has 7 heteroatoms. The average molecular weight is 306 g/mol. The predicted octanol–water partition coefficient (Wildman–Crippen LogP) is 2.20. The van der Waals surface area contributed by atoms with Gasteiger partial charge in [0.2, 0.25) is 0 Å². The molecule has 0 radical (unpaired) electrons. The molecule has 6 nitrogen and oxygen atoms in total. The number of carboxylic acid groups (broad SMARTS) is 1. The Balaban J connectivity index is 2.34. The van der Waals surface area contributed by atoms with Gasteiger partial charge in [-0.3, -0.25) is 4.72 Å². The van der Waals surface area contributed by atoms with E-state index >= 15 is 0 Å². The first kappa shape index (κ1) is 15.0. The molecule has 1 heterocycles. The fourth-order valence-corrected chi connectivity index (χ4v) is 2.76. The minimum absolute atomic E-state index is 0.0688. The smallest absolute Gasteiger partial charge is 0.337 e. The van der Waals surface area contributed by atoms with Crippen molar-refractivity contribution in [2.45, 2.75) is 18.9 Å². The molecule has 0 amide bonds. The Morgan fingerprint density at radius 2 is 1.90 bits per heavy atom. The van der Waals surface area contributed by atoms with Gasteiger partial charge in [0, 0.05) is 6.20 Å². The lowest BCUT2D eigenvalue weighted by Gasteiger charge is -2.10. The first-order chi connectivity index (χ1) is 9.79. The third-order valence-corrected chi connectivity index (χ3v) is 4.18. The maximum atomic E-state index is 12.2. The number of aromatic carboxylic acids is 1. The standard InChI is InChI=1S/C14H14N2O4S/c1-9-3-4-10(2)12(7-9)16-21(19,20)13-6-5-11(8-15-13)14(17)18/h3-8,16H,1-2H3,(H,17,18). The molecule has 2 N–H and O–H groups in total. The highest BCUT2D eigenvalue weighted by Gasteiger charge is 2.17. The largest absolute Gasteiger partial charge is 0.478 e. The Morgan fingerprint density at radius 3 is 2.48 bits per heavy atom. The fraction of sp³-hybridized carbons (Fsp3) is 0.143. The maximum Gasteiger partial charge on any atom is 0.337 e. The van der Waals surface area contributed by atoms with Gasteiger partial charge in [-0.25, -0.2) is 9.78 Å². The zero-order valence-electron chi connectivity index (χ0n) is 11.5. The van der Waals surface area contributed by atoms with Crippen molar-refractivity contribution in [1.82, 2.24) is 4.98 Å². The summed E-state index contributed by atoms with van der Waals surface area (Å²) in [6.45, 7) is 3.65. The van der Waals surface area contributed by atoms with Crippen LogP contribution in [0.3, 0.4) is 0 Å². The lowest BCUT2D eigenvalue weighted by atomic mass is 10.1. The predicted molar refractivity (Wildman–Crippen MR) is 77.9 cm³/mol. The summed E-state index contributed by atoms with van der Waals surface area (Å²) in [5.74, 6) is -1.16. The molecule has 110 valence electrons. The van der Waals surface area contributed by atoms with Crippen LogP contribution in [0.25, 0.3) is 0 Å². The van der Waals surface area contributed by atoms with E-state index < -0.39 is 16.0 Å². The summed E-state index contributed by atoms with van der Waals surface area (Å²) in [7, 11) is -3.85. The van der Waals surface area contributed by atoms with Gasteiger partial charge in [0.15, 0.2) is 5.03 Å². The van der Waals surface area contributed by atoms with Gasteiger partial charge in [0.25, 0.3) is 10.0 Å². The second-order valence-electron chi connectivity index (χ2n) is 4.61. The Kier molecular flexibility index (Phi) is 3.95. The molecular weight excluding hydrogens is 292 g/mol. The van der Waals surface area contributed by atoms with E-state index in [1.54, 1.807) is 13.0 Å². The SMILES string of the molecule is Cc1ccc(C)c(NS(=O)(=O)c2ccc(C(=O)O)cn2)c1. The van der Waals surface area contributed by atoms with Crippen LogP contribution in [0.5, 0.6) is 0 Å². The number of nitrogens with zero attached hydrogens (tertiary/aromatic N) is 1. The topological polar surface area (TPSA) is 96.4 Å². The Labute approximate surface area is 122 Å². The van der Waals surface area contributed by atoms with Gasteiger partial charge in [-0.1, -0.05) is 12.1 Å². The van der Waals surface area contributed by atoms with E-state index in [0.717, 1.165) is 23.4 Å². The molecule has 1 aromatic carbocycles. The van der Waals surface area contributed by atoms with Gasteiger partial charge in [0.05, 0.1) is 11.3 Å². The quantitative estimate of drug-likeness (QED) is 0.902. The van der Waals surface area contributed by atoms with Crippen LogP contribution in [0.15, 0.2) is 41.6 Å². The number of aromatic nitrogens is 1. The first-order valence-corrected chi connectivity index (χ1v) is 7.57. The summed E-state index contributed by atoms with van der Waals surface area (Å²) in [4.78, 5) is 14.4. The summed E-state index contributed by atoms with van der Waals surface area (Å²) in [5.41, 5.74) is 2.11. The number of pyridine rings is 1. The van der Waals surface area contributed by atoms with Crippen molar-refractivity contribution >= 4 is 21.7 Å². The number of benzene rings is 1. The van der Waals surface area contributed by atoms with Crippen LogP contribution in [0.2, 0.25) is 0 Å². The number of hydrogen-bond acceptors (Lipinski definition) is 4. The second-order valence-corrected chi connectivity index (χ2v) is 6.24.